The number of thiazole rings is 1. The van der Waals surface area contributed by atoms with Crippen molar-refractivity contribution in [1.82, 2.24) is 4.98 Å². The molecule has 0 saturated carbocycles. The van der Waals surface area contributed by atoms with Crippen molar-refractivity contribution in [1.29, 1.82) is 0 Å². The molecule has 2 aromatic carbocycles. The number of carbonyl (C=O) groups excluding carboxylic acids is 2. The Morgan fingerprint density at radius 2 is 1.93 bits per heavy atom. The summed E-state index contributed by atoms with van der Waals surface area (Å²) in [6.07, 6.45) is -1.24. The summed E-state index contributed by atoms with van der Waals surface area (Å²) in [5.41, 5.74) is 1.13. The second-order valence-electron chi connectivity index (χ2n) is 5.94. The number of amides is 1. The Labute approximate surface area is 176 Å². The van der Waals surface area contributed by atoms with Crippen molar-refractivity contribution in [2.45, 2.75) is 13.0 Å². The van der Waals surface area contributed by atoms with Gasteiger partial charge in [0.05, 0.1) is 24.4 Å². The lowest BCUT2D eigenvalue weighted by Gasteiger charge is -2.20. The number of aliphatic hydroxyl groups excluding tert-OH is 1. The third kappa shape index (κ3) is 4.68. The molecule has 154 valence electrons. The number of hydrogen-bond acceptors (Lipinski definition) is 8. The van der Waals surface area contributed by atoms with Crippen molar-refractivity contribution < 1.29 is 29.0 Å². The van der Waals surface area contributed by atoms with E-state index in [-0.39, 0.29) is 17.4 Å². The molecule has 3 rings (SSSR count). The van der Waals surface area contributed by atoms with Crippen LogP contribution in [-0.4, -0.2) is 36.2 Å². The molecule has 1 heterocycles. The predicted octanol–water partition coefficient (Wildman–Crippen LogP) is 2.86. The van der Waals surface area contributed by atoms with Gasteiger partial charge >= 0.3 is 5.97 Å². The molecule has 0 aliphatic heterocycles. The minimum absolute atomic E-state index is 0.240. The fourth-order valence-corrected chi connectivity index (χ4v) is 3.43. The SMILES string of the molecule is COC(=O)C#CC(O)c1ccc(ON(C(C)=O)c2nc3ccccc3s2)c(OC)c1. The third-order valence-corrected chi connectivity index (χ3v) is 4.94. The van der Waals surface area contributed by atoms with E-state index < -0.39 is 12.1 Å². The number of aromatic nitrogens is 1. The number of benzene rings is 2. The van der Waals surface area contributed by atoms with E-state index in [1.165, 1.54) is 44.6 Å². The minimum atomic E-state index is -1.24. The number of carbonyl (C=O) groups is 2. The average Bonchev–Trinajstić information content (AvgIpc) is 3.18. The van der Waals surface area contributed by atoms with Crippen LogP contribution in [0, 0.1) is 11.8 Å². The van der Waals surface area contributed by atoms with Gasteiger partial charge in [0.25, 0.3) is 5.91 Å². The van der Waals surface area contributed by atoms with Gasteiger partial charge in [-0.15, -0.1) is 5.06 Å². The zero-order valence-corrected chi connectivity index (χ0v) is 17.2. The standard InChI is InChI=1S/C21H18N2O6S/c1-13(24)23(21-22-15-6-4-5-7-19(15)30-21)29-17-10-8-14(12-18(17)27-2)16(25)9-11-20(26)28-3/h4-8,10,12,16,25H,1-3H3. The Kier molecular flexibility index (Phi) is 6.51. The molecule has 0 saturated heterocycles. The Bertz CT molecular complexity index is 1110. The first-order valence-electron chi connectivity index (χ1n) is 8.72. The lowest BCUT2D eigenvalue weighted by Crippen LogP contribution is -2.32. The molecule has 0 radical (unpaired) electrons. The molecule has 0 aliphatic rings. The molecular formula is C21H18N2O6S. The highest BCUT2D eigenvalue weighted by Crippen LogP contribution is 2.34. The van der Waals surface area contributed by atoms with Crippen molar-refractivity contribution in [3.05, 3.63) is 48.0 Å². The van der Waals surface area contributed by atoms with E-state index in [1.54, 1.807) is 6.07 Å². The topological polar surface area (TPSA) is 98.2 Å². The quantitative estimate of drug-likeness (QED) is 0.290. The normalized spacial score (nSPS) is 11.2. The summed E-state index contributed by atoms with van der Waals surface area (Å²) in [5, 5.41) is 11.6. The van der Waals surface area contributed by atoms with E-state index in [4.69, 9.17) is 9.57 Å². The molecule has 8 nitrogen and oxygen atoms in total. The fourth-order valence-electron chi connectivity index (χ4n) is 2.47. The zero-order chi connectivity index (χ0) is 21.7. The summed E-state index contributed by atoms with van der Waals surface area (Å²) in [4.78, 5) is 33.5. The van der Waals surface area contributed by atoms with E-state index in [0.717, 1.165) is 15.3 Å². The number of methoxy groups -OCH3 is 2. The van der Waals surface area contributed by atoms with Crippen LogP contribution in [-0.2, 0) is 14.3 Å². The van der Waals surface area contributed by atoms with Crippen LogP contribution in [0.1, 0.15) is 18.6 Å². The van der Waals surface area contributed by atoms with E-state index in [0.29, 0.717) is 10.7 Å². The van der Waals surface area contributed by atoms with Crippen LogP contribution < -0.4 is 14.6 Å². The Balaban J connectivity index is 1.88. The van der Waals surface area contributed by atoms with Gasteiger partial charge < -0.3 is 19.4 Å². The van der Waals surface area contributed by atoms with E-state index in [9.17, 15) is 14.7 Å². The molecular weight excluding hydrogens is 408 g/mol. The van der Waals surface area contributed by atoms with Crippen LogP contribution in [0.25, 0.3) is 10.2 Å². The molecule has 3 aromatic rings. The number of rotatable bonds is 5. The number of hydroxylamine groups is 1. The molecule has 1 amide bonds. The summed E-state index contributed by atoms with van der Waals surface area (Å²) in [5.74, 6) is 3.93. The number of anilines is 1. The fraction of sp³-hybridized carbons (Fsp3) is 0.190. The number of aliphatic hydroxyl groups is 1. The second-order valence-corrected chi connectivity index (χ2v) is 6.95. The number of esters is 1. The molecule has 9 heteroatoms. The first-order chi connectivity index (χ1) is 14.4. The summed E-state index contributed by atoms with van der Waals surface area (Å²) >= 11 is 1.31. The molecule has 30 heavy (non-hydrogen) atoms. The van der Waals surface area contributed by atoms with Crippen molar-refractivity contribution in [2.75, 3.05) is 19.3 Å². The Morgan fingerprint density at radius 1 is 1.17 bits per heavy atom. The van der Waals surface area contributed by atoms with Crippen LogP contribution in [0.5, 0.6) is 11.5 Å². The molecule has 0 aliphatic carbocycles. The Morgan fingerprint density at radius 3 is 2.60 bits per heavy atom. The van der Waals surface area contributed by atoms with Gasteiger partial charge in [-0.25, -0.2) is 9.78 Å². The van der Waals surface area contributed by atoms with Gasteiger partial charge in [-0.3, -0.25) is 4.79 Å². The number of fused-ring (bicyclic) bond motifs is 1. The van der Waals surface area contributed by atoms with E-state index >= 15 is 0 Å². The van der Waals surface area contributed by atoms with Gasteiger partial charge in [-0.1, -0.05) is 35.5 Å². The first kappa shape index (κ1) is 21.1. The van der Waals surface area contributed by atoms with E-state index in [1.807, 2.05) is 24.3 Å². The van der Waals surface area contributed by atoms with Crippen molar-refractivity contribution in [3.8, 4) is 23.3 Å². The van der Waals surface area contributed by atoms with Gasteiger partial charge in [0.2, 0.25) is 5.13 Å². The average molecular weight is 426 g/mol. The predicted molar refractivity (Wildman–Crippen MR) is 111 cm³/mol. The molecule has 0 spiro atoms. The zero-order valence-electron chi connectivity index (χ0n) is 16.4. The van der Waals surface area contributed by atoms with Crippen LogP contribution in [0.4, 0.5) is 5.13 Å². The van der Waals surface area contributed by atoms with Gasteiger partial charge in [0.1, 0.15) is 6.10 Å². The lowest BCUT2D eigenvalue weighted by atomic mass is 10.1. The lowest BCUT2D eigenvalue weighted by molar-refractivity contribution is -0.133. The monoisotopic (exact) mass is 426 g/mol. The smallest absolute Gasteiger partial charge is 0.384 e. The summed E-state index contributed by atoms with van der Waals surface area (Å²) in [7, 11) is 2.62. The highest BCUT2D eigenvalue weighted by atomic mass is 32.1. The molecule has 0 bridgehead atoms. The van der Waals surface area contributed by atoms with Crippen molar-refractivity contribution in [2.24, 2.45) is 0 Å². The van der Waals surface area contributed by atoms with Crippen LogP contribution in [0.3, 0.4) is 0 Å². The van der Waals surface area contributed by atoms with Crippen LogP contribution in [0.2, 0.25) is 0 Å². The van der Waals surface area contributed by atoms with Gasteiger partial charge in [-0.05, 0) is 29.8 Å². The first-order valence-corrected chi connectivity index (χ1v) is 9.54. The second kappa shape index (κ2) is 9.26. The summed E-state index contributed by atoms with van der Waals surface area (Å²) < 4.78 is 10.7. The van der Waals surface area contributed by atoms with Crippen LogP contribution in [0.15, 0.2) is 42.5 Å². The number of para-hydroxylation sites is 1. The third-order valence-electron chi connectivity index (χ3n) is 3.93. The van der Waals surface area contributed by atoms with Crippen molar-refractivity contribution in [3.63, 3.8) is 0 Å². The highest BCUT2D eigenvalue weighted by Gasteiger charge is 2.21. The molecule has 1 aromatic heterocycles. The summed E-state index contributed by atoms with van der Waals surface area (Å²) in [6.45, 7) is 1.36. The van der Waals surface area contributed by atoms with E-state index in [2.05, 4.69) is 21.6 Å². The Hall–Kier alpha value is -3.61. The molecule has 0 fully saturated rings. The largest absolute Gasteiger partial charge is 0.493 e. The molecule has 1 unspecified atom stereocenters. The van der Waals surface area contributed by atoms with Gasteiger partial charge in [0.15, 0.2) is 11.5 Å². The van der Waals surface area contributed by atoms with Crippen LogP contribution >= 0.6 is 11.3 Å². The summed E-state index contributed by atoms with van der Waals surface area (Å²) in [6, 6.07) is 12.1. The van der Waals surface area contributed by atoms with Gasteiger partial charge in [-0.2, -0.15) is 0 Å². The van der Waals surface area contributed by atoms with Gasteiger partial charge in [0, 0.05) is 12.8 Å². The number of nitrogens with zero attached hydrogens (tertiary/aromatic N) is 2. The maximum atomic E-state index is 12.2. The number of ether oxygens (including phenoxy) is 2. The van der Waals surface area contributed by atoms with Crippen molar-refractivity contribution >= 4 is 38.6 Å². The minimum Gasteiger partial charge on any atom is -0.493 e. The molecule has 1 N–H and O–H groups in total. The maximum Gasteiger partial charge on any atom is 0.384 e. The molecule has 1 atom stereocenters. The maximum absolute atomic E-state index is 12.2. The highest BCUT2D eigenvalue weighted by molar-refractivity contribution is 7.22. The number of hydrogen-bond donors (Lipinski definition) is 1.